The summed E-state index contributed by atoms with van der Waals surface area (Å²) in [4.78, 5) is 2.43. The number of aryl methyl sites for hydroxylation is 1. The van der Waals surface area contributed by atoms with Gasteiger partial charge in [0.2, 0.25) is 0 Å². The smallest absolute Gasteiger partial charge is 0.0294 e. The quantitative estimate of drug-likeness (QED) is 0.862. The van der Waals surface area contributed by atoms with Crippen molar-refractivity contribution < 1.29 is 0 Å². The van der Waals surface area contributed by atoms with E-state index >= 15 is 0 Å². The first-order valence-electron chi connectivity index (χ1n) is 6.59. The van der Waals surface area contributed by atoms with Crippen molar-refractivity contribution in [2.45, 2.75) is 45.3 Å². The molecule has 1 heterocycles. The third-order valence-electron chi connectivity index (χ3n) is 3.95. The largest absolute Gasteiger partial charge is 0.306 e. The molecule has 0 radical (unpaired) electrons. The van der Waals surface area contributed by atoms with Gasteiger partial charge in [-0.15, -0.1) is 0 Å². The Bertz CT molecular complexity index is 348. The summed E-state index contributed by atoms with van der Waals surface area (Å²) in [5.74, 6) is 0. The highest BCUT2D eigenvalue weighted by Gasteiger charge is 2.26. The van der Waals surface area contributed by atoms with E-state index in [-0.39, 0.29) is 0 Å². The zero-order valence-corrected chi connectivity index (χ0v) is 11.4. The number of benzene rings is 1. The first-order valence-corrected chi connectivity index (χ1v) is 6.59. The van der Waals surface area contributed by atoms with E-state index in [0.29, 0.717) is 18.1 Å². The average molecular weight is 232 g/mol. The fourth-order valence-corrected chi connectivity index (χ4v) is 2.62. The van der Waals surface area contributed by atoms with Gasteiger partial charge in [0.25, 0.3) is 0 Å². The summed E-state index contributed by atoms with van der Waals surface area (Å²) in [5, 5.41) is 3.73. The van der Waals surface area contributed by atoms with E-state index < -0.39 is 0 Å². The highest BCUT2D eigenvalue weighted by Crippen LogP contribution is 2.19. The van der Waals surface area contributed by atoms with Gasteiger partial charge in [-0.25, -0.2) is 0 Å². The van der Waals surface area contributed by atoms with Crippen LogP contribution >= 0.6 is 0 Å². The Morgan fingerprint density at radius 3 is 2.47 bits per heavy atom. The molecule has 1 aliphatic heterocycles. The molecular weight excluding hydrogens is 208 g/mol. The fourth-order valence-electron chi connectivity index (χ4n) is 2.62. The Morgan fingerprint density at radius 1 is 1.29 bits per heavy atom. The molecule has 1 aromatic rings. The van der Waals surface area contributed by atoms with Gasteiger partial charge < -0.3 is 10.2 Å². The minimum Gasteiger partial charge on any atom is -0.306 e. The Labute approximate surface area is 105 Å². The third-order valence-corrected chi connectivity index (χ3v) is 3.95. The number of hydrogen-bond donors (Lipinski definition) is 1. The zero-order valence-electron chi connectivity index (χ0n) is 11.4. The van der Waals surface area contributed by atoms with Crippen LogP contribution in [0.4, 0.5) is 0 Å². The molecule has 2 unspecified atom stereocenters. The lowest BCUT2D eigenvalue weighted by molar-refractivity contribution is 0.325. The van der Waals surface area contributed by atoms with Crippen molar-refractivity contribution in [3.8, 4) is 0 Å². The molecule has 1 saturated heterocycles. The Kier molecular flexibility index (Phi) is 3.85. The number of nitrogens with zero attached hydrogens (tertiary/aromatic N) is 1. The Balaban J connectivity index is 1.93. The summed E-state index contributed by atoms with van der Waals surface area (Å²) < 4.78 is 0. The molecule has 2 rings (SSSR count). The minimum absolute atomic E-state index is 0.444. The molecule has 3 atom stereocenters. The number of likely N-dealkylation sites (tertiary alicyclic amines) is 1. The van der Waals surface area contributed by atoms with Gasteiger partial charge in [0, 0.05) is 24.7 Å². The second-order valence-electron chi connectivity index (χ2n) is 5.52. The monoisotopic (exact) mass is 232 g/mol. The molecule has 1 aromatic carbocycles. The SMILES string of the molecule is Cc1ccc([C@H](C)NC2CC(C)N(C)C2)cc1. The van der Waals surface area contributed by atoms with E-state index in [9.17, 15) is 0 Å². The lowest BCUT2D eigenvalue weighted by Gasteiger charge is -2.19. The lowest BCUT2D eigenvalue weighted by Crippen LogP contribution is -2.33. The minimum atomic E-state index is 0.444. The molecule has 0 aromatic heterocycles. The molecule has 0 spiro atoms. The van der Waals surface area contributed by atoms with Gasteiger partial charge in [-0.05, 0) is 39.8 Å². The average Bonchev–Trinajstić information content (AvgIpc) is 2.58. The maximum Gasteiger partial charge on any atom is 0.0294 e. The van der Waals surface area contributed by atoms with Crippen LogP contribution in [0.15, 0.2) is 24.3 Å². The van der Waals surface area contributed by atoms with Crippen LogP contribution in [0, 0.1) is 6.92 Å². The van der Waals surface area contributed by atoms with Crippen molar-refractivity contribution in [1.82, 2.24) is 10.2 Å². The van der Waals surface area contributed by atoms with E-state index in [1.807, 2.05) is 0 Å². The van der Waals surface area contributed by atoms with Gasteiger partial charge in [0.1, 0.15) is 0 Å². The summed E-state index contributed by atoms with van der Waals surface area (Å²) in [5.41, 5.74) is 2.72. The van der Waals surface area contributed by atoms with Crippen LogP contribution in [-0.4, -0.2) is 30.6 Å². The number of hydrogen-bond acceptors (Lipinski definition) is 2. The van der Waals surface area contributed by atoms with Crippen LogP contribution in [0.3, 0.4) is 0 Å². The molecule has 1 aliphatic rings. The third kappa shape index (κ3) is 3.08. The van der Waals surface area contributed by atoms with Crippen molar-refractivity contribution in [1.29, 1.82) is 0 Å². The molecule has 2 heteroatoms. The second-order valence-corrected chi connectivity index (χ2v) is 5.52. The molecule has 0 bridgehead atoms. The Morgan fingerprint density at radius 2 is 1.94 bits per heavy atom. The van der Waals surface area contributed by atoms with Gasteiger partial charge >= 0.3 is 0 Å². The van der Waals surface area contributed by atoms with E-state index in [4.69, 9.17) is 0 Å². The molecule has 17 heavy (non-hydrogen) atoms. The Hall–Kier alpha value is -0.860. The fraction of sp³-hybridized carbons (Fsp3) is 0.600. The number of likely N-dealkylation sites (N-methyl/N-ethyl adjacent to an activating group) is 1. The summed E-state index contributed by atoms with van der Waals surface area (Å²) in [6.45, 7) is 7.86. The summed E-state index contributed by atoms with van der Waals surface area (Å²) in [6.07, 6.45) is 1.26. The molecule has 1 N–H and O–H groups in total. The van der Waals surface area contributed by atoms with Crippen LogP contribution in [0.1, 0.15) is 37.4 Å². The van der Waals surface area contributed by atoms with Crippen LogP contribution in [0.5, 0.6) is 0 Å². The molecule has 2 nitrogen and oxygen atoms in total. The molecular formula is C15H24N2. The zero-order chi connectivity index (χ0) is 12.4. The maximum atomic E-state index is 3.73. The van der Waals surface area contributed by atoms with Crippen LogP contribution in [0.25, 0.3) is 0 Å². The van der Waals surface area contributed by atoms with E-state index in [2.05, 4.69) is 62.3 Å². The van der Waals surface area contributed by atoms with Crippen LogP contribution < -0.4 is 5.32 Å². The lowest BCUT2D eigenvalue weighted by atomic mass is 10.0. The normalized spacial score (nSPS) is 27.3. The van der Waals surface area contributed by atoms with Gasteiger partial charge in [-0.2, -0.15) is 0 Å². The van der Waals surface area contributed by atoms with Crippen molar-refractivity contribution in [3.63, 3.8) is 0 Å². The molecule has 94 valence electrons. The van der Waals surface area contributed by atoms with Gasteiger partial charge in [-0.3, -0.25) is 0 Å². The predicted octanol–water partition coefficient (Wildman–Crippen LogP) is 2.74. The highest BCUT2D eigenvalue weighted by atomic mass is 15.2. The predicted molar refractivity (Wildman–Crippen MR) is 73.2 cm³/mol. The number of nitrogens with one attached hydrogen (secondary N) is 1. The van der Waals surface area contributed by atoms with Crippen molar-refractivity contribution in [2.75, 3.05) is 13.6 Å². The summed E-state index contributed by atoms with van der Waals surface area (Å²) in [7, 11) is 2.21. The van der Waals surface area contributed by atoms with Crippen molar-refractivity contribution in [2.24, 2.45) is 0 Å². The highest BCUT2D eigenvalue weighted by molar-refractivity contribution is 5.23. The van der Waals surface area contributed by atoms with Gasteiger partial charge in [0.05, 0.1) is 0 Å². The first-order chi connectivity index (χ1) is 8.06. The van der Waals surface area contributed by atoms with Crippen molar-refractivity contribution in [3.05, 3.63) is 35.4 Å². The van der Waals surface area contributed by atoms with Crippen LogP contribution in [0.2, 0.25) is 0 Å². The summed E-state index contributed by atoms with van der Waals surface area (Å²) in [6, 6.07) is 10.6. The molecule has 0 saturated carbocycles. The standard InChI is InChI=1S/C15H24N2/c1-11-5-7-14(8-6-11)13(3)16-15-9-12(2)17(4)10-15/h5-8,12-13,15-16H,9-10H2,1-4H3/t12?,13-,15?/m0/s1. The second kappa shape index (κ2) is 5.19. The molecule has 1 fully saturated rings. The number of rotatable bonds is 3. The van der Waals surface area contributed by atoms with Crippen molar-refractivity contribution >= 4 is 0 Å². The van der Waals surface area contributed by atoms with E-state index in [1.54, 1.807) is 0 Å². The maximum absolute atomic E-state index is 3.73. The van der Waals surface area contributed by atoms with Crippen LogP contribution in [-0.2, 0) is 0 Å². The molecule has 0 aliphatic carbocycles. The van der Waals surface area contributed by atoms with E-state index in [0.717, 1.165) is 6.54 Å². The topological polar surface area (TPSA) is 15.3 Å². The molecule has 0 amide bonds. The first kappa shape index (κ1) is 12.6. The van der Waals surface area contributed by atoms with Gasteiger partial charge in [-0.1, -0.05) is 29.8 Å². The van der Waals surface area contributed by atoms with Gasteiger partial charge in [0.15, 0.2) is 0 Å². The summed E-state index contributed by atoms with van der Waals surface area (Å²) >= 11 is 0. The van der Waals surface area contributed by atoms with E-state index in [1.165, 1.54) is 17.5 Å².